The lowest BCUT2D eigenvalue weighted by molar-refractivity contribution is -0.116. The van der Waals surface area contributed by atoms with Crippen molar-refractivity contribution >= 4 is 74.5 Å². The summed E-state index contributed by atoms with van der Waals surface area (Å²) in [7, 11) is 0. The number of rotatable bonds is 5. The number of ketones is 1. The van der Waals surface area contributed by atoms with E-state index < -0.39 is 5.25 Å². The van der Waals surface area contributed by atoms with Gasteiger partial charge in [0.15, 0.2) is 11.0 Å². The van der Waals surface area contributed by atoms with Crippen LogP contribution in [0.25, 0.3) is 0 Å². The first-order valence-corrected chi connectivity index (χ1v) is 11.2. The number of benzene rings is 2. The van der Waals surface area contributed by atoms with E-state index in [4.69, 9.17) is 23.2 Å². The van der Waals surface area contributed by atoms with Crippen LogP contribution in [0.4, 0.5) is 11.4 Å². The summed E-state index contributed by atoms with van der Waals surface area (Å²) < 4.78 is 0. The van der Waals surface area contributed by atoms with Crippen LogP contribution < -0.4 is 4.90 Å². The Balaban J connectivity index is 1.66. The second-order valence-electron chi connectivity index (χ2n) is 6.23. The SMILES string of the molecule is O=C(CC1SC(=Nc2ccc(Cl)cc2)N(c2ccc(Cl)cc2)C1=O)c1cccs1. The van der Waals surface area contributed by atoms with Gasteiger partial charge in [0.05, 0.1) is 21.5 Å². The minimum Gasteiger partial charge on any atom is -0.293 e. The van der Waals surface area contributed by atoms with Crippen molar-refractivity contribution in [3.05, 3.63) is 81.0 Å². The minimum atomic E-state index is -0.536. The van der Waals surface area contributed by atoms with Gasteiger partial charge in [0, 0.05) is 16.5 Å². The molecule has 1 aromatic heterocycles. The molecule has 1 unspecified atom stereocenters. The largest absolute Gasteiger partial charge is 0.293 e. The predicted octanol–water partition coefficient (Wildman–Crippen LogP) is 6.46. The number of nitrogens with zero attached hydrogens (tertiary/aromatic N) is 2. The van der Waals surface area contributed by atoms with E-state index in [1.165, 1.54) is 23.1 Å². The van der Waals surface area contributed by atoms with Gasteiger partial charge in [-0.1, -0.05) is 41.0 Å². The standard InChI is InChI=1S/C21H14Cl2N2O2S2/c22-13-3-7-15(8-4-13)24-21-25(16-9-5-14(23)6-10-16)20(27)19(29-21)12-17(26)18-2-1-11-28-18/h1-11,19H,12H2. The summed E-state index contributed by atoms with van der Waals surface area (Å²) >= 11 is 14.6. The van der Waals surface area contributed by atoms with Gasteiger partial charge in [-0.15, -0.1) is 11.3 Å². The van der Waals surface area contributed by atoms with Crippen molar-refractivity contribution in [2.45, 2.75) is 11.7 Å². The molecule has 2 heterocycles. The molecule has 2 aromatic carbocycles. The average Bonchev–Trinajstić information content (AvgIpc) is 3.34. The maximum Gasteiger partial charge on any atom is 0.247 e. The van der Waals surface area contributed by atoms with E-state index in [-0.39, 0.29) is 18.1 Å². The quantitative estimate of drug-likeness (QED) is 0.410. The number of halogens is 2. The van der Waals surface area contributed by atoms with Crippen molar-refractivity contribution in [2.24, 2.45) is 4.99 Å². The summed E-state index contributed by atoms with van der Waals surface area (Å²) in [6.45, 7) is 0. The number of hydrogen-bond donors (Lipinski definition) is 0. The molecule has 0 saturated carbocycles. The van der Waals surface area contributed by atoms with Gasteiger partial charge in [-0.2, -0.15) is 0 Å². The molecule has 1 aliphatic rings. The van der Waals surface area contributed by atoms with Crippen molar-refractivity contribution < 1.29 is 9.59 Å². The number of amides is 1. The zero-order chi connectivity index (χ0) is 20.4. The smallest absolute Gasteiger partial charge is 0.247 e. The van der Waals surface area contributed by atoms with Gasteiger partial charge >= 0.3 is 0 Å². The Morgan fingerprint density at radius 1 is 1.00 bits per heavy atom. The van der Waals surface area contributed by atoms with Crippen LogP contribution in [0.15, 0.2) is 71.0 Å². The molecule has 146 valence electrons. The summed E-state index contributed by atoms with van der Waals surface area (Å²) in [4.78, 5) is 32.6. The molecule has 1 fully saturated rings. The first-order chi connectivity index (χ1) is 14.0. The van der Waals surface area contributed by atoms with Gasteiger partial charge in [0.1, 0.15) is 0 Å². The first kappa shape index (κ1) is 20.2. The second kappa shape index (κ2) is 8.71. The highest BCUT2D eigenvalue weighted by molar-refractivity contribution is 8.16. The van der Waals surface area contributed by atoms with E-state index in [1.807, 2.05) is 11.4 Å². The van der Waals surface area contributed by atoms with Crippen molar-refractivity contribution in [3.8, 4) is 0 Å². The van der Waals surface area contributed by atoms with Gasteiger partial charge in [-0.05, 0) is 60.0 Å². The molecule has 8 heteroatoms. The van der Waals surface area contributed by atoms with E-state index in [0.29, 0.717) is 31.5 Å². The molecule has 0 bridgehead atoms. The lowest BCUT2D eigenvalue weighted by Gasteiger charge is -2.16. The number of carbonyl (C=O) groups excluding carboxylic acids is 2. The number of aliphatic imine (C=N–C) groups is 1. The van der Waals surface area contributed by atoms with Crippen LogP contribution >= 0.6 is 46.3 Å². The topological polar surface area (TPSA) is 49.7 Å². The lowest BCUT2D eigenvalue weighted by atomic mass is 10.1. The van der Waals surface area contributed by atoms with E-state index in [2.05, 4.69) is 4.99 Å². The zero-order valence-corrected chi connectivity index (χ0v) is 18.1. The van der Waals surface area contributed by atoms with E-state index in [9.17, 15) is 9.59 Å². The Hall–Kier alpha value is -2.12. The fourth-order valence-electron chi connectivity index (χ4n) is 2.83. The highest BCUT2D eigenvalue weighted by atomic mass is 35.5. The zero-order valence-electron chi connectivity index (χ0n) is 14.9. The van der Waals surface area contributed by atoms with Gasteiger partial charge in [-0.3, -0.25) is 14.5 Å². The summed E-state index contributed by atoms with van der Waals surface area (Å²) in [6, 6.07) is 17.6. The van der Waals surface area contributed by atoms with Crippen LogP contribution in [-0.2, 0) is 4.79 Å². The molecule has 4 rings (SSSR count). The third kappa shape index (κ3) is 4.56. The van der Waals surface area contributed by atoms with Crippen LogP contribution in [0.3, 0.4) is 0 Å². The number of Topliss-reactive ketones (excluding diaryl/α,β-unsaturated/α-hetero) is 1. The van der Waals surface area contributed by atoms with Crippen molar-refractivity contribution in [3.63, 3.8) is 0 Å². The minimum absolute atomic E-state index is 0.0466. The van der Waals surface area contributed by atoms with Crippen LogP contribution in [0, 0.1) is 0 Å². The monoisotopic (exact) mass is 460 g/mol. The Labute approximate surface area is 186 Å². The molecule has 4 nitrogen and oxygen atoms in total. The highest BCUT2D eigenvalue weighted by Crippen LogP contribution is 2.36. The van der Waals surface area contributed by atoms with E-state index in [0.717, 1.165) is 0 Å². The van der Waals surface area contributed by atoms with Crippen LogP contribution in [0.2, 0.25) is 10.0 Å². The van der Waals surface area contributed by atoms with Crippen LogP contribution in [0.1, 0.15) is 16.1 Å². The summed E-state index contributed by atoms with van der Waals surface area (Å²) in [5.41, 5.74) is 1.33. The van der Waals surface area contributed by atoms with Gasteiger partial charge in [0.2, 0.25) is 5.91 Å². The number of thioether (sulfide) groups is 1. The first-order valence-electron chi connectivity index (χ1n) is 8.68. The average molecular weight is 461 g/mol. The molecule has 1 aliphatic heterocycles. The number of anilines is 1. The molecule has 1 amide bonds. The third-order valence-corrected chi connectivity index (χ3v) is 6.79. The molecular weight excluding hydrogens is 447 g/mol. The Bertz CT molecular complexity index is 1070. The summed E-state index contributed by atoms with van der Waals surface area (Å²) in [5.74, 6) is -0.218. The number of carbonyl (C=O) groups is 2. The number of thiophene rings is 1. The predicted molar refractivity (Wildman–Crippen MR) is 122 cm³/mol. The number of hydrogen-bond acceptors (Lipinski definition) is 5. The van der Waals surface area contributed by atoms with Crippen molar-refractivity contribution in [2.75, 3.05) is 4.90 Å². The van der Waals surface area contributed by atoms with Crippen molar-refractivity contribution in [1.82, 2.24) is 0 Å². The Kier molecular flexibility index (Phi) is 6.06. The molecule has 1 saturated heterocycles. The maximum absolute atomic E-state index is 13.2. The third-order valence-electron chi connectivity index (χ3n) is 4.24. The molecular formula is C21H14Cl2N2O2S2. The Morgan fingerprint density at radius 3 is 2.28 bits per heavy atom. The molecule has 0 aliphatic carbocycles. The lowest BCUT2D eigenvalue weighted by Crippen LogP contribution is -2.32. The summed E-state index contributed by atoms with van der Waals surface area (Å²) in [5, 5.41) is 3.02. The number of amidine groups is 1. The van der Waals surface area contributed by atoms with Crippen molar-refractivity contribution in [1.29, 1.82) is 0 Å². The fraction of sp³-hybridized carbons (Fsp3) is 0.0952. The van der Waals surface area contributed by atoms with Gasteiger partial charge in [-0.25, -0.2) is 4.99 Å². The summed E-state index contributed by atoms with van der Waals surface area (Å²) in [6.07, 6.45) is 0.119. The maximum atomic E-state index is 13.2. The molecule has 3 aromatic rings. The highest BCUT2D eigenvalue weighted by Gasteiger charge is 2.40. The van der Waals surface area contributed by atoms with E-state index in [1.54, 1.807) is 59.5 Å². The van der Waals surface area contributed by atoms with Crippen LogP contribution in [0.5, 0.6) is 0 Å². The van der Waals surface area contributed by atoms with Gasteiger partial charge in [0.25, 0.3) is 0 Å². The normalized spacial score (nSPS) is 17.9. The second-order valence-corrected chi connectivity index (χ2v) is 9.22. The molecule has 0 spiro atoms. The fourth-order valence-corrected chi connectivity index (χ4v) is 4.92. The van der Waals surface area contributed by atoms with Gasteiger partial charge < -0.3 is 0 Å². The molecule has 1 atom stereocenters. The molecule has 0 radical (unpaired) electrons. The van der Waals surface area contributed by atoms with E-state index >= 15 is 0 Å². The van der Waals surface area contributed by atoms with Crippen LogP contribution in [-0.4, -0.2) is 22.1 Å². The molecule has 29 heavy (non-hydrogen) atoms. The Morgan fingerprint density at radius 2 is 1.66 bits per heavy atom. The molecule has 0 N–H and O–H groups in total.